The zero-order valence-corrected chi connectivity index (χ0v) is 13.2. The van der Waals surface area contributed by atoms with E-state index in [0.717, 1.165) is 0 Å². The summed E-state index contributed by atoms with van der Waals surface area (Å²) in [5, 5.41) is 4.00. The first-order valence-electron chi connectivity index (χ1n) is 7.18. The van der Waals surface area contributed by atoms with Crippen LogP contribution in [0.5, 0.6) is 0 Å². The van der Waals surface area contributed by atoms with Crippen molar-refractivity contribution in [3.63, 3.8) is 0 Å². The fourth-order valence-corrected chi connectivity index (χ4v) is 3.89. The quantitative estimate of drug-likeness (QED) is 0.753. The lowest BCUT2D eigenvalue weighted by Crippen LogP contribution is -2.42. The number of sulfonamides is 1. The molecule has 0 N–H and O–H groups in total. The second kappa shape index (κ2) is 6.57. The van der Waals surface area contributed by atoms with Gasteiger partial charge in [-0.05, 0) is 26.7 Å². The number of esters is 1. The standard InChI is InChI=1S/C13H21N3O4S/c1-3-15-10-12(8-14-15)21(18,19)16-7-5-6-11(9-16)13(17)20-4-2/h8,10-11H,3-7,9H2,1-2H3. The average molecular weight is 315 g/mol. The van der Waals surface area contributed by atoms with Crippen LogP contribution in [0.25, 0.3) is 0 Å². The molecule has 0 aliphatic carbocycles. The van der Waals surface area contributed by atoms with E-state index in [0.29, 0.717) is 32.5 Å². The molecule has 2 heterocycles. The molecule has 1 saturated heterocycles. The molecule has 1 unspecified atom stereocenters. The second-order valence-electron chi connectivity index (χ2n) is 4.99. The van der Waals surface area contributed by atoms with E-state index in [1.54, 1.807) is 11.6 Å². The molecule has 0 radical (unpaired) electrons. The van der Waals surface area contributed by atoms with Crippen LogP contribution >= 0.6 is 0 Å². The van der Waals surface area contributed by atoms with Gasteiger partial charge in [0, 0.05) is 25.8 Å². The van der Waals surface area contributed by atoms with Crippen molar-refractivity contribution in [1.29, 1.82) is 0 Å². The molecule has 1 aromatic heterocycles. The van der Waals surface area contributed by atoms with Gasteiger partial charge in [-0.25, -0.2) is 8.42 Å². The third-order valence-electron chi connectivity index (χ3n) is 3.58. The van der Waals surface area contributed by atoms with Gasteiger partial charge in [-0.1, -0.05) is 0 Å². The summed E-state index contributed by atoms with van der Waals surface area (Å²) in [4.78, 5) is 12.0. The summed E-state index contributed by atoms with van der Waals surface area (Å²) in [6, 6.07) is 0. The number of rotatable bonds is 5. The smallest absolute Gasteiger partial charge is 0.310 e. The number of hydrogen-bond donors (Lipinski definition) is 0. The SMILES string of the molecule is CCOC(=O)C1CCCN(S(=O)(=O)c2cnn(CC)c2)C1. The highest BCUT2D eigenvalue weighted by Gasteiger charge is 2.34. The Kier molecular flexibility index (Phi) is 5.00. The van der Waals surface area contributed by atoms with Gasteiger partial charge in [0.2, 0.25) is 10.0 Å². The summed E-state index contributed by atoms with van der Waals surface area (Å²) < 4.78 is 33.0. The molecule has 0 saturated carbocycles. The Labute approximate surface area is 124 Å². The van der Waals surface area contributed by atoms with Crippen molar-refractivity contribution >= 4 is 16.0 Å². The third-order valence-corrected chi connectivity index (χ3v) is 5.39. The van der Waals surface area contributed by atoms with Crippen LogP contribution in [0.15, 0.2) is 17.3 Å². The van der Waals surface area contributed by atoms with Gasteiger partial charge >= 0.3 is 5.97 Å². The lowest BCUT2D eigenvalue weighted by atomic mass is 10.0. The molecule has 8 heteroatoms. The van der Waals surface area contributed by atoms with E-state index in [1.807, 2.05) is 6.92 Å². The molecule has 7 nitrogen and oxygen atoms in total. The molecule has 2 rings (SSSR count). The molecule has 1 atom stereocenters. The predicted molar refractivity (Wildman–Crippen MR) is 76.0 cm³/mol. The summed E-state index contributed by atoms with van der Waals surface area (Å²) in [6.07, 6.45) is 4.19. The van der Waals surface area contributed by atoms with Crippen molar-refractivity contribution in [3.8, 4) is 0 Å². The molecule has 1 fully saturated rings. The third kappa shape index (κ3) is 3.44. The summed E-state index contributed by atoms with van der Waals surface area (Å²) in [7, 11) is -3.59. The van der Waals surface area contributed by atoms with E-state index in [4.69, 9.17) is 4.74 Å². The number of piperidine rings is 1. The molecule has 0 bridgehead atoms. The molecule has 1 aliphatic rings. The van der Waals surface area contributed by atoms with Crippen LogP contribution in [0.3, 0.4) is 0 Å². The van der Waals surface area contributed by atoms with Gasteiger partial charge in [-0.2, -0.15) is 9.40 Å². The minimum atomic E-state index is -3.59. The highest BCUT2D eigenvalue weighted by Crippen LogP contribution is 2.24. The molecule has 0 spiro atoms. The minimum Gasteiger partial charge on any atom is -0.466 e. The average Bonchev–Trinajstić information content (AvgIpc) is 2.97. The van der Waals surface area contributed by atoms with Gasteiger partial charge in [0.15, 0.2) is 0 Å². The summed E-state index contributed by atoms with van der Waals surface area (Å²) in [5.41, 5.74) is 0. The largest absolute Gasteiger partial charge is 0.466 e. The Balaban J connectivity index is 2.14. The lowest BCUT2D eigenvalue weighted by Gasteiger charge is -2.30. The van der Waals surface area contributed by atoms with Crippen molar-refractivity contribution in [2.24, 2.45) is 5.92 Å². The van der Waals surface area contributed by atoms with Crippen molar-refractivity contribution in [2.75, 3.05) is 19.7 Å². The lowest BCUT2D eigenvalue weighted by molar-refractivity contribution is -0.149. The Bertz CT molecular complexity index is 596. The molecule has 1 aromatic rings. The number of carbonyl (C=O) groups excluding carboxylic acids is 1. The zero-order chi connectivity index (χ0) is 15.5. The van der Waals surface area contributed by atoms with Crippen LogP contribution in [0.2, 0.25) is 0 Å². The van der Waals surface area contributed by atoms with Gasteiger partial charge in [0.1, 0.15) is 4.90 Å². The molecule has 21 heavy (non-hydrogen) atoms. The maximum absolute atomic E-state index is 12.6. The van der Waals surface area contributed by atoms with Gasteiger partial charge in [-0.3, -0.25) is 9.48 Å². The first-order valence-corrected chi connectivity index (χ1v) is 8.62. The normalized spacial score (nSPS) is 20.4. The Morgan fingerprint density at radius 1 is 1.48 bits per heavy atom. The fraction of sp³-hybridized carbons (Fsp3) is 0.692. The van der Waals surface area contributed by atoms with Crippen LogP contribution in [-0.2, 0) is 26.1 Å². The van der Waals surface area contributed by atoms with E-state index < -0.39 is 10.0 Å². The molecule has 0 aromatic carbocycles. The van der Waals surface area contributed by atoms with E-state index in [9.17, 15) is 13.2 Å². The number of aryl methyl sites for hydroxylation is 1. The van der Waals surface area contributed by atoms with Crippen molar-refractivity contribution in [2.45, 2.75) is 38.1 Å². The topological polar surface area (TPSA) is 81.5 Å². The van der Waals surface area contributed by atoms with E-state index in [1.165, 1.54) is 16.7 Å². The zero-order valence-electron chi connectivity index (χ0n) is 12.4. The van der Waals surface area contributed by atoms with Gasteiger partial charge in [-0.15, -0.1) is 0 Å². The molecule has 1 aliphatic heterocycles. The number of aromatic nitrogens is 2. The van der Waals surface area contributed by atoms with E-state index >= 15 is 0 Å². The highest BCUT2D eigenvalue weighted by molar-refractivity contribution is 7.89. The number of nitrogens with zero attached hydrogens (tertiary/aromatic N) is 3. The van der Waals surface area contributed by atoms with E-state index in [2.05, 4.69) is 5.10 Å². The van der Waals surface area contributed by atoms with E-state index in [-0.39, 0.29) is 23.3 Å². The van der Waals surface area contributed by atoms with Gasteiger partial charge < -0.3 is 4.74 Å². The van der Waals surface area contributed by atoms with Crippen LogP contribution in [0.1, 0.15) is 26.7 Å². The maximum Gasteiger partial charge on any atom is 0.310 e. The van der Waals surface area contributed by atoms with Gasteiger partial charge in [0.25, 0.3) is 0 Å². The van der Waals surface area contributed by atoms with Crippen molar-refractivity contribution < 1.29 is 17.9 Å². The molecule has 0 amide bonds. The molecular weight excluding hydrogens is 294 g/mol. The maximum atomic E-state index is 12.6. The first-order chi connectivity index (χ1) is 9.98. The number of ether oxygens (including phenoxy) is 1. The minimum absolute atomic E-state index is 0.175. The van der Waals surface area contributed by atoms with Crippen LogP contribution in [0, 0.1) is 5.92 Å². The number of carbonyl (C=O) groups is 1. The van der Waals surface area contributed by atoms with Gasteiger partial charge in [0.05, 0.1) is 18.7 Å². The highest BCUT2D eigenvalue weighted by atomic mass is 32.2. The Morgan fingerprint density at radius 2 is 2.24 bits per heavy atom. The monoisotopic (exact) mass is 315 g/mol. The van der Waals surface area contributed by atoms with Crippen molar-refractivity contribution in [1.82, 2.24) is 14.1 Å². The van der Waals surface area contributed by atoms with Crippen LogP contribution in [-0.4, -0.2) is 48.2 Å². The molecular formula is C13H21N3O4S. The Hall–Kier alpha value is -1.41. The first kappa shape index (κ1) is 16.0. The second-order valence-corrected chi connectivity index (χ2v) is 6.92. The van der Waals surface area contributed by atoms with Crippen LogP contribution in [0.4, 0.5) is 0 Å². The fourth-order valence-electron chi connectivity index (χ4n) is 2.41. The number of hydrogen-bond acceptors (Lipinski definition) is 5. The summed E-state index contributed by atoms with van der Waals surface area (Å²) in [5.74, 6) is -0.698. The molecule has 118 valence electrons. The van der Waals surface area contributed by atoms with Crippen LogP contribution < -0.4 is 0 Å². The predicted octanol–water partition coefficient (Wildman–Crippen LogP) is 0.867. The summed E-state index contributed by atoms with van der Waals surface area (Å²) >= 11 is 0. The Morgan fingerprint density at radius 3 is 2.86 bits per heavy atom. The summed E-state index contributed by atoms with van der Waals surface area (Å²) in [6.45, 7) is 5.16. The van der Waals surface area contributed by atoms with Crippen molar-refractivity contribution in [3.05, 3.63) is 12.4 Å².